The largest absolute Gasteiger partial charge is 0.343 e. The molecule has 1 aliphatic carbocycles. The highest BCUT2D eigenvalue weighted by atomic mass is 32.1. The molecule has 2 fully saturated rings. The predicted molar refractivity (Wildman–Crippen MR) is 103 cm³/mol. The van der Waals surface area contributed by atoms with Gasteiger partial charge in [0.1, 0.15) is 6.54 Å². The zero-order valence-electron chi connectivity index (χ0n) is 15.0. The van der Waals surface area contributed by atoms with Gasteiger partial charge in [-0.25, -0.2) is 0 Å². The van der Waals surface area contributed by atoms with Gasteiger partial charge >= 0.3 is 0 Å². The van der Waals surface area contributed by atoms with Gasteiger partial charge in [-0.3, -0.25) is 19.3 Å². The number of carbonyl (C=O) groups is 3. The van der Waals surface area contributed by atoms with E-state index in [1.54, 1.807) is 11.3 Å². The molecule has 3 amide bonds. The van der Waals surface area contributed by atoms with E-state index in [9.17, 15) is 14.4 Å². The summed E-state index contributed by atoms with van der Waals surface area (Å²) in [5, 5.41) is 4.98. The molecule has 140 valence electrons. The number of rotatable bonds is 5. The molecule has 1 aromatic carbocycles. The molecule has 0 radical (unpaired) electrons. The van der Waals surface area contributed by atoms with Crippen molar-refractivity contribution < 1.29 is 14.4 Å². The monoisotopic (exact) mass is 382 g/mol. The molecule has 2 aromatic rings. The van der Waals surface area contributed by atoms with Gasteiger partial charge in [0, 0.05) is 11.3 Å². The van der Waals surface area contributed by atoms with Gasteiger partial charge in [0.2, 0.25) is 17.7 Å². The molecule has 1 spiro atoms. The zero-order valence-corrected chi connectivity index (χ0v) is 15.8. The first-order valence-electron chi connectivity index (χ1n) is 9.32. The number of likely N-dealkylation sites (tertiary alicyclic amines) is 1. The van der Waals surface area contributed by atoms with E-state index in [1.165, 1.54) is 0 Å². The summed E-state index contributed by atoms with van der Waals surface area (Å²) in [6, 6.07) is 13.3. The van der Waals surface area contributed by atoms with Crippen LogP contribution >= 0.6 is 11.3 Å². The summed E-state index contributed by atoms with van der Waals surface area (Å²) in [7, 11) is 0. The van der Waals surface area contributed by atoms with Crippen molar-refractivity contribution in [2.24, 2.45) is 5.41 Å². The lowest BCUT2D eigenvalue weighted by atomic mass is 9.84. The summed E-state index contributed by atoms with van der Waals surface area (Å²) in [5.41, 5.74) is 0.434. The van der Waals surface area contributed by atoms with Crippen molar-refractivity contribution >= 4 is 29.1 Å². The third-order valence-electron chi connectivity index (χ3n) is 5.62. The van der Waals surface area contributed by atoms with Gasteiger partial charge in [0.15, 0.2) is 0 Å². The van der Waals surface area contributed by atoms with E-state index in [2.05, 4.69) is 5.32 Å². The number of nitrogens with one attached hydrogen (secondary N) is 1. The van der Waals surface area contributed by atoms with Crippen LogP contribution in [-0.4, -0.2) is 29.2 Å². The van der Waals surface area contributed by atoms with Crippen LogP contribution in [-0.2, 0) is 14.4 Å². The highest BCUT2D eigenvalue weighted by molar-refractivity contribution is 7.10. The summed E-state index contributed by atoms with van der Waals surface area (Å²) in [4.78, 5) is 40.1. The van der Waals surface area contributed by atoms with E-state index in [0.717, 1.165) is 41.0 Å². The Balaban J connectivity index is 1.49. The summed E-state index contributed by atoms with van der Waals surface area (Å²) < 4.78 is 0. The Kier molecular flexibility index (Phi) is 4.83. The molecule has 5 nitrogen and oxygen atoms in total. The van der Waals surface area contributed by atoms with Gasteiger partial charge in [-0.05, 0) is 29.9 Å². The summed E-state index contributed by atoms with van der Waals surface area (Å²) in [5.74, 6) is -0.689. The number of imide groups is 1. The van der Waals surface area contributed by atoms with Crippen LogP contribution in [0.3, 0.4) is 0 Å². The summed E-state index contributed by atoms with van der Waals surface area (Å²) in [6.45, 7) is -0.200. The molecule has 1 saturated carbocycles. The molecule has 0 bridgehead atoms. The van der Waals surface area contributed by atoms with Crippen molar-refractivity contribution in [3.63, 3.8) is 0 Å². The van der Waals surface area contributed by atoms with Crippen molar-refractivity contribution in [2.45, 2.75) is 38.1 Å². The summed E-state index contributed by atoms with van der Waals surface area (Å²) >= 11 is 1.56. The first kappa shape index (κ1) is 17.9. The Hall–Kier alpha value is -2.47. The fourth-order valence-corrected chi connectivity index (χ4v) is 5.03. The molecule has 6 heteroatoms. The number of hydrogen-bond acceptors (Lipinski definition) is 4. The minimum atomic E-state index is -0.538. The average molecular weight is 382 g/mol. The number of carbonyl (C=O) groups excluding carboxylic acids is 3. The molecule has 2 aliphatic rings. The van der Waals surface area contributed by atoms with Gasteiger partial charge < -0.3 is 5.32 Å². The van der Waals surface area contributed by atoms with Crippen molar-refractivity contribution in [1.82, 2.24) is 10.2 Å². The molecular weight excluding hydrogens is 360 g/mol. The van der Waals surface area contributed by atoms with Crippen LogP contribution in [0.1, 0.15) is 48.6 Å². The number of thiophene rings is 1. The Morgan fingerprint density at radius 2 is 1.85 bits per heavy atom. The molecule has 1 saturated heterocycles. The van der Waals surface area contributed by atoms with E-state index in [-0.39, 0.29) is 36.7 Å². The maximum absolute atomic E-state index is 12.8. The van der Waals surface area contributed by atoms with Crippen molar-refractivity contribution in [3.8, 4) is 0 Å². The van der Waals surface area contributed by atoms with Gasteiger partial charge in [-0.15, -0.1) is 11.3 Å². The Morgan fingerprint density at radius 1 is 1.11 bits per heavy atom. The molecule has 1 aliphatic heterocycles. The zero-order chi connectivity index (χ0) is 18.9. The second-order valence-electron chi connectivity index (χ2n) is 7.38. The molecule has 1 atom stereocenters. The van der Waals surface area contributed by atoms with Gasteiger partial charge in [0.25, 0.3) is 0 Å². The van der Waals surface area contributed by atoms with Crippen LogP contribution in [0.25, 0.3) is 0 Å². The lowest BCUT2D eigenvalue weighted by Gasteiger charge is -2.22. The van der Waals surface area contributed by atoms with Crippen LogP contribution in [0.2, 0.25) is 0 Å². The average Bonchev–Trinajstić information content (AvgIpc) is 3.40. The van der Waals surface area contributed by atoms with E-state index in [1.807, 2.05) is 47.8 Å². The third kappa shape index (κ3) is 3.41. The van der Waals surface area contributed by atoms with Gasteiger partial charge in [-0.1, -0.05) is 49.2 Å². The minimum absolute atomic E-state index is 0.160. The number of hydrogen-bond donors (Lipinski definition) is 1. The highest BCUT2D eigenvalue weighted by Gasteiger charge is 2.52. The van der Waals surface area contributed by atoms with E-state index >= 15 is 0 Å². The first-order chi connectivity index (χ1) is 13.1. The van der Waals surface area contributed by atoms with Gasteiger partial charge in [-0.2, -0.15) is 0 Å². The number of amides is 3. The first-order valence-corrected chi connectivity index (χ1v) is 10.2. The Morgan fingerprint density at radius 3 is 2.52 bits per heavy atom. The molecule has 2 heterocycles. The third-order valence-corrected chi connectivity index (χ3v) is 6.55. The lowest BCUT2D eigenvalue weighted by Crippen LogP contribution is -2.43. The van der Waals surface area contributed by atoms with E-state index < -0.39 is 5.41 Å². The second kappa shape index (κ2) is 7.27. The second-order valence-corrected chi connectivity index (χ2v) is 8.36. The van der Waals surface area contributed by atoms with Crippen LogP contribution in [0.4, 0.5) is 0 Å². The normalized spacial score (nSPS) is 19.6. The smallest absolute Gasteiger partial charge is 0.240 e. The molecule has 4 rings (SSSR count). The molecule has 1 aromatic heterocycles. The number of nitrogens with zero attached hydrogens (tertiary/aromatic N) is 1. The molecule has 27 heavy (non-hydrogen) atoms. The fourth-order valence-electron chi connectivity index (χ4n) is 4.23. The topological polar surface area (TPSA) is 66.5 Å². The maximum Gasteiger partial charge on any atom is 0.240 e. The molecule has 1 N–H and O–H groups in total. The Bertz CT molecular complexity index is 842. The van der Waals surface area contributed by atoms with Crippen molar-refractivity contribution in [1.29, 1.82) is 0 Å². The lowest BCUT2D eigenvalue weighted by molar-refractivity contribution is -0.144. The fraction of sp³-hybridized carbons (Fsp3) is 0.381. The van der Waals surface area contributed by atoms with Crippen molar-refractivity contribution in [3.05, 3.63) is 58.3 Å². The minimum Gasteiger partial charge on any atom is -0.343 e. The molecular formula is C21H22N2O3S. The van der Waals surface area contributed by atoms with E-state index in [0.29, 0.717) is 0 Å². The maximum atomic E-state index is 12.8. The van der Waals surface area contributed by atoms with E-state index in [4.69, 9.17) is 0 Å². The van der Waals surface area contributed by atoms with Gasteiger partial charge in [0.05, 0.1) is 11.5 Å². The SMILES string of the molecule is O=C(CN1C(=O)CC2(CCCC2)C1=O)N[C@H](c1ccccc1)c1cccs1. The standard InChI is InChI=1S/C21H22N2O3S/c24-17(14-23-18(25)13-21(20(23)26)10-4-5-11-21)22-19(16-9-6-12-27-16)15-7-2-1-3-8-15/h1-3,6-9,12,19H,4-5,10-11,13-14H2,(H,22,24)/t19-/m1/s1. The van der Waals surface area contributed by atoms with Crippen LogP contribution in [0.5, 0.6) is 0 Å². The van der Waals surface area contributed by atoms with Crippen LogP contribution < -0.4 is 5.32 Å². The molecule has 0 unspecified atom stereocenters. The van der Waals surface area contributed by atoms with Crippen LogP contribution in [0.15, 0.2) is 47.8 Å². The highest BCUT2D eigenvalue weighted by Crippen LogP contribution is 2.46. The predicted octanol–water partition coefficient (Wildman–Crippen LogP) is 3.27. The van der Waals surface area contributed by atoms with Crippen molar-refractivity contribution in [2.75, 3.05) is 6.54 Å². The quantitative estimate of drug-likeness (QED) is 0.807. The number of benzene rings is 1. The Labute approximate surface area is 162 Å². The van der Waals surface area contributed by atoms with Crippen LogP contribution in [0, 0.1) is 5.41 Å². The summed E-state index contributed by atoms with van der Waals surface area (Å²) in [6.07, 6.45) is 3.74.